The van der Waals surface area contributed by atoms with Crippen molar-refractivity contribution in [1.29, 1.82) is 0 Å². The van der Waals surface area contributed by atoms with Gasteiger partial charge >= 0.3 is 0 Å². The van der Waals surface area contributed by atoms with Crippen LogP contribution in [0.15, 0.2) is 18.5 Å². The summed E-state index contributed by atoms with van der Waals surface area (Å²) in [6.45, 7) is 1.73. The summed E-state index contributed by atoms with van der Waals surface area (Å²) in [5.41, 5.74) is 0. The van der Waals surface area contributed by atoms with Crippen molar-refractivity contribution in [2.45, 2.75) is 6.42 Å². The van der Waals surface area contributed by atoms with Gasteiger partial charge in [0.05, 0.1) is 6.54 Å². The van der Waals surface area contributed by atoms with E-state index >= 15 is 0 Å². The highest BCUT2D eigenvalue weighted by Gasteiger charge is 2.20. The van der Waals surface area contributed by atoms with Crippen LogP contribution in [0.3, 0.4) is 0 Å². The van der Waals surface area contributed by atoms with Crippen molar-refractivity contribution in [3.05, 3.63) is 18.5 Å². The number of likely N-dealkylation sites (N-methyl/N-ethyl adjacent to an activating group) is 1. The van der Waals surface area contributed by atoms with Gasteiger partial charge in [0.1, 0.15) is 0 Å². The number of aromatic nitrogens is 2. The summed E-state index contributed by atoms with van der Waals surface area (Å²) in [5.74, 6) is 0.487. The van der Waals surface area contributed by atoms with Crippen molar-refractivity contribution < 1.29 is 9.59 Å². The van der Waals surface area contributed by atoms with Crippen molar-refractivity contribution in [2.75, 3.05) is 38.1 Å². The van der Waals surface area contributed by atoms with Crippen LogP contribution in [0.25, 0.3) is 0 Å². The van der Waals surface area contributed by atoms with E-state index in [1.807, 2.05) is 0 Å². The summed E-state index contributed by atoms with van der Waals surface area (Å²) in [4.78, 5) is 34.9. The highest BCUT2D eigenvalue weighted by Crippen LogP contribution is 2.04. The Kier molecular flexibility index (Phi) is 4.27. The van der Waals surface area contributed by atoms with Crippen LogP contribution in [0.1, 0.15) is 6.42 Å². The predicted octanol–water partition coefficient (Wildman–Crippen LogP) is -0.739. The predicted molar refractivity (Wildman–Crippen MR) is 69.5 cm³/mol. The van der Waals surface area contributed by atoms with Gasteiger partial charge in [0, 0.05) is 45.5 Å². The molecule has 1 fully saturated rings. The highest BCUT2D eigenvalue weighted by molar-refractivity contribution is 5.82. The van der Waals surface area contributed by atoms with Gasteiger partial charge in [-0.1, -0.05) is 0 Å². The van der Waals surface area contributed by atoms with Crippen molar-refractivity contribution in [1.82, 2.24) is 20.2 Å². The molecule has 0 saturated carbocycles. The quantitative estimate of drug-likeness (QED) is 0.777. The molecule has 0 bridgehead atoms. The number of nitrogens with zero attached hydrogens (tertiary/aromatic N) is 4. The molecule has 0 spiro atoms. The second kappa shape index (κ2) is 6.12. The van der Waals surface area contributed by atoms with Crippen LogP contribution in [0.5, 0.6) is 0 Å². The molecule has 1 saturated heterocycles. The van der Waals surface area contributed by atoms with E-state index in [2.05, 4.69) is 15.3 Å². The fraction of sp³-hybridized carbons (Fsp3) is 0.500. The van der Waals surface area contributed by atoms with Crippen LogP contribution in [0.4, 0.5) is 5.95 Å². The van der Waals surface area contributed by atoms with Crippen LogP contribution < -0.4 is 10.2 Å². The average Bonchev–Trinajstić information content (AvgIpc) is 2.64. The van der Waals surface area contributed by atoms with Gasteiger partial charge in [0.25, 0.3) is 0 Å². The Labute approximate surface area is 111 Å². The number of amides is 2. The average molecular weight is 263 g/mol. The van der Waals surface area contributed by atoms with Crippen molar-refractivity contribution in [3.63, 3.8) is 0 Å². The second-order valence-electron chi connectivity index (χ2n) is 4.39. The van der Waals surface area contributed by atoms with Gasteiger partial charge in [-0.05, 0) is 6.07 Å². The maximum absolute atomic E-state index is 12.1. The van der Waals surface area contributed by atoms with Gasteiger partial charge in [-0.3, -0.25) is 9.59 Å². The summed E-state index contributed by atoms with van der Waals surface area (Å²) in [6.07, 6.45) is 3.63. The molecule has 0 radical (unpaired) electrons. The molecule has 7 heteroatoms. The number of nitrogens with one attached hydrogen (secondary N) is 1. The molecule has 19 heavy (non-hydrogen) atoms. The van der Waals surface area contributed by atoms with Crippen LogP contribution in [0.2, 0.25) is 0 Å². The Bertz CT molecular complexity index is 451. The maximum atomic E-state index is 12.1. The SMILES string of the molecule is CN(CC(=O)N1CCNC(=O)CC1)c1ncccn1. The normalized spacial score (nSPS) is 15.6. The minimum Gasteiger partial charge on any atom is -0.354 e. The van der Waals surface area contributed by atoms with Gasteiger partial charge in [-0.15, -0.1) is 0 Å². The molecule has 1 N–H and O–H groups in total. The summed E-state index contributed by atoms with van der Waals surface area (Å²) < 4.78 is 0. The Morgan fingerprint density at radius 1 is 1.42 bits per heavy atom. The van der Waals surface area contributed by atoms with Gasteiger partial charge in [-0.2, -0.15) is 0 Å². The largest absolute Gasteiger partial charge is 0.354 e. The first-order chi connectivity index (χ1) is 9.16. The first-order valence-electron chi connectivity index (χ1n) is 6.19. The molecule has 102 valence electrons. The number of hydrogen-bond donors (Lipinski definition) is 1. The lowest BCUT2D eigenvalue weighted by Crippen LogP contribution is -2.41. The van der Waals surface area contributed by atoms with Gasteiger partial charge in [-0.25, -0.2) is 9.97 Å². The van der Waals surface area contributed by atoms with E-state index in [0.29, 0.717) is 32.0 Å². The molecule has 2 heterocycles. The van der Waals surface area contributed by atoms with E-state index < -0.39 is 0 Å². The topological polar surface area (TPSA) is 78.4 Å². The number of carbonyl (C=O) groups excluding carboxylic acids is 2. The number of rotatable bonds is 3. The summed E-state index contributed by atoms with van der Waals surface area (Å²) in [6, 6.07) is 1.73. The van der Waals surface area contributed by atoms with Crippen LogP contribution in [-0.4, -0.2) is 59.9 Å². The Morgan fingerprint density at radius 2 is 2.16 bits per heavy atom. The van der Waals surface area contributed by atoms with Crippen molar-refractivity contribution in [2.24, 2.45) is 0 Å². The van der Waals surface area contributed by atoms with Crippen LogP contribution in [-0.2, 0) is 9.59 Å². The highest BCUT2D eigenvalue weighted by atomic mass is 16.2. The minimum atomic E-state index is -0.0218. The first kappa shape index (κ1) is 13.3. The molecule has 1 aromatic rings. The zero-order chi connectivity index (χ0) is 13.7. The summed E-state index contributed by atoms with van der Waals surface area (Å²) >= 11 is 0. The number of anilines is 1. The molecule has 2 rings (SSSR count). The zero-order valence-corrected chi connectivity index (χ0v) is 10.9. The molecular formula is C12H17N5O2. The Morgan fingerprint density at radius 3 is 2.89 bits per heavy atom. The van der Waals surface area contributed by atoms with Crippen molar-refractivity contribution in [3.8, 4) is 0 Å². The molecule has 0 aromatic carbocycles. The number of hydrogen-bond acceptors (Lipinski definition) is 5. The summed E-state index contributed by atoms with van der Waals surface area (Å²) in [7, 11) is 1.77. The van der Waals surface area contributed by atoms with E-state index in [1.54, 1.807) is 35.3 Å². The smallest absolute Gasteiger partial charge is 0.242 e. The molecule has 7 nitrogen and oxygen atoms in total. The molecule has 0 aliphatic carbocycles. The molecule has 0 atom stereocenters. The van der Waals surface area contributed by atoms with Crippen molar-refractivity contribution >= 4 is 17.8 Å². The standard InChI is InChI=1S/C12H17N5O2/c1-16(12-14-4-2-5-15-12)9-11(19)17-7-3-10(18)13-6-8-17/h2,4-5H,3,6-9H2,1H3,(H,13,18). The van der Waals surface area contributed by atoms with E-state index in [4.69, 9.17) is 0 Å². The van der Waals surface area contributed by atoms with E-state index in [1.165, 1.54) is 0 Å². The minimum absolute atomic E-state index is 0.00459. The Balaban J connectivity index is 1.91. The molecule has 0 unspecified atom stereocenters. The van der Waals surface area contributed by atoms with Gasteiger partial charge in [0.15, 0.2) is 0 Å². The lowest BCUT2D eigenvalue weighted by atomic mass is 10.3. The van der Waals surface area contributed by atoms with E-state index in [0.717, 1.165) is 0 Å². The zero-order valence-electron chi connectivity index (χ0n) is 10.9. The Hall–Kier alpha value is -2.18. The van der Waals surface area contributed by atoms with Gasteiger partial charge in [0.2, 0.25) is 17.8 Å². The number of carbonyl (C=O) groups is 2. The molecule has 1 aliphatic heterocycles. The summed E-state index contributed by atoms with van der Waals surface area (Å²) in [5, 5.41) is 2.74. The third-order valence-electron chi connectivity index (χ3n) is 2.93. The van der Waals surface area contributed by atoms with Crippen LogP contribution in [0, 0.1) is 0 Å². The second-order valence-corrected chi connectivity index (χ2v) is 4.39. The molecule has 1 aromatic heterocycles. The lowest BCUT2D eigenvalue weighted by Gasteiger charge is -2.23. The van der Waals surface area contributed by atoms with E-state index in [-0.39, 0.29) is 18.4 Å². The monoisotopic (exact) mass is 263 g/mol. The third kappa shape index (κ3) is 3.64. The first-order valence-corrected chi connectivity index (χ1v) is 6.19. The fourth-order valence-corrected chi connectivity index (χ4v) is 1.88. The third-order valence-corrected chi connectivity index (χ3v) is 2.93. The van der Waals surface area contributed by atoms with E-state index in [9.17, 15) is 9.59 Å². The maximum Gasteiger partial charge on any atom is 0.242 e. The van der Waals surface area contributed by atoms with Gasteiger partial charge < -0.3 is 15.1 Å². The molecule has 2 amide bonds. The fourth-order valence-electron chi connectivity index (χ4n) is 1.88. The van der Waals surface area contributed by atoms with Crippen LogP contribution >= 0.6 is 0 Å². The molecule has 1 aliphatic rings. The molecular weight excluding hydrogens is 246 g/mol. The lowest BCUT2D eigenvalue weighted by molar-refractivity contribution is -0.129.